The van der Waals surface area contributed by atoms with Crippen molar-refractivity contribution < 1.29 is 18.5 Å². The van der Waals surface area contributed by atoms with Crippen molar-refractivity contribution in [1.29, 1.82) is 0 Å². The van der Waals surface area contributed by atoms with Crippen LogP contribution in [0.25, 0.3) is 0 Å². The number of carbonyl (C=O) groups is 1. The number of amides is 1. The second-order valence-electron chi connectivity index (χ2n) is 8.85. The van der Waals surface area contributed by atoms with E-state index in [-0.39, 0.29) is 17.3 Å². The van der Waals surface area contributed by atoms with Crippen LogP contribution in [0.5, 0.6) is 0 Å². The van der Waals surface area contributed by atoms with Gasteiger partial charge in [-0.25, -0.2) is 4.39 Å². The fourth-order valence-corrected chi connectivity index (χ4v) is 3.26. The lowest BCUT2D eigenvalue weighted by molar-refractivity contribution is -0.973. The van der Waals surface area contributed by atoms with Gasteiger partial charge in [-0.15, -0.1) is 0 Å². The first-order chi connectivity index (χ1) is 14.1. The molecule has 0 bridgehead atoms. The van der Waals surface area contributed by atoms with Gasteiger partial charge in [0, 0.05) is 11.3 Å². The average molecular weight is 410 g/mol. The van der Waals surface area contributed by atoms with Gasteiger partial charge in [0.05, 0.1) is 5.54 Å². The largest absolute Gasteiger partial charge is 0.450 e. The first-order valence-electron chi connectivity index (χ1n) is 10.2. The summed E-state index contributed by atoms with van der Waals surface area (Å²) in [6.45, 7) is 11.9. The quantitative estimate of drug-likeness (QED) is 0.621. The van der Waals surface area contributed by atoms with Gasteiger partial charge in [0.2, 0.25) is 0 Å². The third-order valence-electron chi connectivity index (χ3n) is 5.43. The number of furan rings is 1. The highest BCUT2D eigenvalue weighted by molar-refractivity contribution is 6.02. The number of hydrogen-bond donors (Lipinski definition) is 2. The molecule has 1 amide bonds. The van der Waals surface area contributed by atoms with Crippen LogP contribution in [0.2, 0.25) is 0 Å². The van der Waals surface area contributed by atoms with Crippen molar-refractivity contribution in [3.63, 3.8) is 0 Å². The van der Waals surface area contributed by atoms with Crippen LogP contribution in [0.3, 0.4) is 0 Å². The van der Waals surface area contributed by atoms with E-state index in [2.05, 4.69) is 26.1 Å². The van der Waals surface area contributed by atoms with Gasteiger partial charge in [0.25, 0.3) is 5.91 Å². The minimum absolute atomic E-state index is 0.0526. The first-order valence-corrected chi connectivity index (χ1v) is 10.2. The van der Waals surface area contributed by atoms with E-state index >= 15 is 0 Å². The molecular weight excluding hydrogens is 379 g/mol. The van der Waals surface area contributed by atoms with Crippen LogP contribution in [-0.2, 0) is 13.1 Å². The summed E-state index contributed by atoms with van der Waals surface area (Å²) in [4.78, 5) is 13.8. The summed E-state index contributed by atoms with van der Waals surface area (Å²) < 4.78 is 19.1. The highest BCUT2D eigenvalue weighted by Crippen LogP contribution is 2.16. The second kappa shape index (κ2) is 8.84. The maximum absolute atomic E-state index is 13.2. The Morgan fingerprint density at radius 1 is 0.967 bits per heavy atom. The third-order valence-corrected chi connectivity index (χ3v) is 5.43. The summed E-state index contributed by atoms with van der Waals surface area (Å²) in [5.74, 6) is 0.535. The topological polar surface area (TPSA) is 46.7 Å². The normalized spacial score (nSPS) is 12.6. The van der Waals surface area contributed by atoms with Gasteiger partial charge in [0.15, 0.2) is 11.5 Å². The van der Waals surface area contributed by atoms with Crippen molar-refractivity contribution in [1.82, 2.24) is 0 Å². The molecule has 2 aromatic carbocycles. The fourth-order valence-electron chi connectivity index (χ4n) is 3.26. The van der Waals surface area contributed by atoms with Crippen molar-refractivity contribution in [3.8, 4) is 0 Å². The Balaban J connectivity index is 1.70. The molecule has 158 valence electrons. The molecule has 4 nitrogen and oxygen atoms in total. The summed E-state index contributed by atoms with van der Waals surface area (Å²) in [5, 5.41) is 2.89. The van der Waals surface area contributed by atoms with Gasteiger partial charge < -0.3 is 14.6 Å². The van der Waals surface area contributed by atoms with Crippen LogP contribution in [0, 0.1) is 19.7 Å². The molecule has 0 saturated carbocycles. The number of hydrogen-bond acceptors (Lipinski definition) is 2. The Hall–Kier alpha value is -2.92. The van der Waals surface area contributed by atoms with Crippen LogP contribution < -0.4 is 10.2 Å². The van der Waals surface area contributed by atoms with E-state index in [4.69, 9.17) is 4.42 Å². The number of aryl methyl sites for hydroxylation is 2. The van der Waals surface area contributed by atoms with Gasteiger partial charge in [-0.2, -0.15) is 0 Å². The molecule has 5 heteroatoms. The number of benzene rings is 2. The number of halogens is 1. The highest BCUT2D eigenvalue weighted by atomic mass is 19.1. The second-order valence-corrected chi connectivity index (χ2v) is 8.85. The Kier molecular flexibility index (Phi) is 6.42. The molecule has 0 aliphatic heterocycles. The van der Waals surface area contributed by atoms with E-state index in [1.165, 1.54) is 22.6 Å². The van der Waals surface area contributed by atoms with E-state index in [9.17, 15) is 9.18 Å². The van der Waals surface area contributed by atoms with Gasteiger partial charge in [-0.05, 0) is 82.1 Å². The molecule has 1 atom stereocenters. The molecule has 30 heavy (non-hydrogen) atoms. The molecule has 0 aliphatic carbocycles. The summed E-state index contributed by atoms with van der Waals surface area (Å²) >= 11 is 0. The molecule has 0 aliphatic rings. The van der Waals surface area contributed by atoms with Crippen LogP contribution in [-0.4, -0.2) is 11.4 Å². The number of rotatable bonds is 6. The molecule has 2 N–H and O–H groups in total. The van der Waals surface area contributed by atoms with Crippen molar-refractivity contribution in [3.05, 3.63) is 88.6 Å². The SMILES string of the molecule is Cc1ccc(NC(=O)c2ccc(C[NH+](Cc3ccc(F)cc3)C(C)(C)C)o2)cc1C. The summed E-state index contributed by atoms with van der Waals surface area (Å²) in [5.41, 5.74) is 4.06. The lowest BCUT2D eigenvalue weighted by atomic mass is 10.0. The highest BCUT2D eigenvalue weighted by Gasteiger charge is 2.27. The Morgan fingerprint density at radius 2 is 1.67 bits per heavy atom. The molecule has 0 radical (unpaired) electrons. The maximum Gasteiger partial charge on any atom is 0.291 e. The van der Waals surface area contributed by atoms with Crippen molar-refractivity contribution in [2.24, 2.45) is 0 Å². The molecule has 0 saturated heterocycles. The van der Waals surface area contributed by atoms with Crippen molar-refractivity contribution >= 4 is 11.6 Å². The van der Waals surface area contributed by atoms with Crippen LogP contribution in [0.15, 0.2) is 59.0 Å². The van der Waals surface area contributed by atoms with E-state index in [0.717, 1.165) is 29.1 Å². The predicted octanol–water partition coefficient (Wildman–Crippen LogP) is 4.67. The standard InChI is InChI=1S/C25H29FN2O2/c1-17-6-11-21(14-18(17)2)27-24(29)23-13-12-22(30-23)16-28(25(3,4)5)15-19-7-9-20(26)10-8-19/h6-14H,15-16H2,1-5H3,(H,27,29)/p+1. The smallest absolute Gasteiger partial charge is 0.291 e. The van der Waals surface area contributed by atoms with Crippen molar-refractivity contribution in [2.45, 2.75) is 53.2 Å². The number of quaternary nitrogens is 1. The molecule has 1 aromatic heterocycles. The Labute approximate surface area is 177 Å². The first kappa shape index (κ1) is 21.8. The lowest BCUT2D eigenvalue weighted by Crippen LogP contribution is -3.16. The Bertz CT molecular complexity index is 1020. The minimum atomic E-state index is -0.264. The molecule has 3 rings (SSSR count). The fraction of sp³-hybridized carbons (Fsp3) is 0.320. The molecule has 1 heterocycles. The monoisotopic (exact) mass is 409 g/mol. The molecule has 3 aromatic rings. The predicted molar refractivity (Wildman–Crippen MR) is 117 cm³/mol. The van der Waals surface area contributed by atoms with Crippen LogP contribution in [0.1, 0.15) is 53.8 Å². The zero-order valence-corrected chi connectivity index (χ0v) is 18.3. The zero-order valence-electron chi connectivity index (χ0n) is 18.3. The van der Waals surface area contributed by atoms with E-state index in [1.807, 2.05) is 50.2 Å². The minimum Gasteiger partial charge on any atom is -0.450 e. The summed E-state index contributed by atoms with van der Waals surface area (Å²) in [7, 11) is 0. The van der Waals surface area contributed by atoms with Crippen LogP contribution in [0.4, 0.5) is 10.1 Å². The van der Waals surface area contributed by atoms with E-state index in [0.29, 0.717) is 12.3 Å². The average Bonchev–Trinajstić information content (AvgIpc) is 3.14. The molecular formula is C25H30FN2O2+. The number of carbonyl (C=O) groups excluding carboxylic acids is 1. The van der Waals surface area contributed by atoms with Crippen LogP contribution >= 0.6 is 0 Å². The van der Waals surface area contributed by atoms with Crippen molar-refractivity contribution in [2.75, 3.05) is 5.32 Å². The maximum atomic E-state index is 13.2. The Morgan fingerprint density at radius 3 is 2.30 bits per heavy atom. The number of anilines is 1. The van der Waals surface area contributed by atoms with Gasteiger partial charge >= 0.3 is 0 Å². The zero-order chi connectivity index (χ0) is 21.9. The van der Waals surface area contributed by atoms with E-state index in [1.54, 1.807) is 6.07 Å². The summed E-state index contributed by atoms with van der Waals surface area (Å²) in [6.07, 6.45) is 0. The number of nitrogens with one attached hydrogen (secondary N) is 2. The van der Waals surface area contributed by atoms with E-state index < -0.39 is 0 Å². The molecule has 1 unspecified atom stereocenters. The summed E-state index contributed by atoms with van der Waals surface area (Å²) in [6, 6.07) is 16.0. The van der Waals surface area contributed by atoms with Gasteiger partial charge in [0.1, 0.15) is 18.9 Å². The lowest BCUT2D eigenvalue weighted by Gasteiger charge is -2.31. The van der Waals surface area contributed by atoms with Gasteiger partial charge in [-0.3, -0.25) is 4.79 Å². The molecule has 0 spiro atoms. The molecule has 0 fully saturated rings. The van der Waals surface area contributed by atoms with Gasteiger partial charge in [-0.1, -0.05) is 18.2 Å². The third kappa shape index (κ3) is 5.57.